The first-order chi connectivity index (χ1) is 22.2. The third-order valence-electron chi connectivity index (χ3n) is 10.6. The van der Waals surface area contributed by atoms with E-state index in [1.54, 1.807) is 0 Å². The number of rotatable bonds is 6. The van der Waals surface area contributed by atoms with Gasteiger partial charge in [-0.1, -0.05) is 142 Å². The first-order valence-corrected chi connectivity index (χ1v) is 18.9. The lowest BCUT2D eigenvalue weighted by Crippen LogP contribution is -2.30. The van der Waals surface area contributed by atoms with Gasteiger partial charge in [-0.05, 0) is 64.7 Å². The van der Waals surface area contributed by atoms with Crippen molar-refractivity contribution in [3.8, 4) is 22.6 Å². The molecule has 0 saturated heterocycles. The van der Waals surface area contributed by atoms with E-state index in [0.29, 0.717) is 0 Å². The maximum atomic E-state index is 16.3. The third kappa shape index (κ3) is 5.08. The average Bonchev–Trinajstić information content (AvgIpc) is 3.12. The maximum absolute atomic E-state index is 16.3. The van der Waals surface area contributed by atoms with Gasteiger partial charge >= 0.3 is 0 Å². The summed E-state index contributed by atoms with van der Waals surface area (Å²) in [6.07, 6.45) is 11.6. The Balaban J connectivity index is 1.44. The van der Waals surface area contributed by atoms with E-state index in [1.165, 1.54) is 54.7 Å². The molecule has 2 fully saturated rings. The summed E-state index contributed by atoms with van der Waals surface area (Å²) in [6.45, 7) is 0. The molecule has 226 valence electrons. The highest BCUT2D eigenvalue weighted by atomic mass is 31.2. The summed E-state index contributed by atoms with van der Waals surface area (Å²) in [4.78, 5) is 0. The molecule has 0 aliphatic heterocycles. The molecule has 0 heterocycles. The molecular formula is C42H41O2P. The van der Waals surface area contributed by atoms with Gasteiger partial charge < -0.3 is 9.30 Å². The van der Waals surface area contributed by atoms with Crippen LogP contribution in [-0.2, 0) is 4.57 Å². The van der Waals surface area contributed by atoms with Crippen molar-refractivity contribution < 1.29 is 9.30 Å². The Morgan fingerprint density at radius 1 is 0.444 bits per heavy atom. The molecule has 45 heavy (non-hydrogen) atoms. The second-order valence-corrected chi connectivity index (χ2v) is 16.6. The highest BCUT2D eigenvalue weighted by Gasteiger charge is 2.44. The van der Waals surface area contributed by atoms with Gasteiger partial charge in [0.05, 0.1) is 0 Å². The van der Waals surface area contributed by atoms with Crippen molar-refractivity contribution in [2.75, 3.05) is 0 Å². The van der Waals surface area contributed by atoms with Gasteiger partial charge in [-0.25, -0.2) is 0 Å². The normalized spacial score (nSPS) is 16.8. The Morgan fingerprint density at radius 3 is 1.56 bits per heavy atom. The zero-order valence-electron chi connectivity index (χ0n) is 26.0. The largest absolute Gasteiger partial charge is 0.456 e. The standard InChI is InChI=1S/C42H41O2P/c43-45(33-18-3-1-4-19-33,34-20-5-2-6-21-34)40-29-27-32-16-9-12-24-37(32)42(40)41-36-23-11-8-15-31(36)26-28-39(41)44-38-25-13-17-30-14-7-10-22-35(30)38/h7-17,22-29,33-34H,1-6,18-21H2. The van der Waals surface area contributed by atoms with Crippen LogP contribution in [0, 0.1) is 0 Å². The number of ether oxygens (including phenoxy) is 1. The molecule has 0 radical (unpaired) electrons. The van der Waals surface area contributed by atoms with E-state index in [1.807, 2.05) is 0 Å². The molecule has 6 aromatic carbocycles. The Labute approximate surface area is 266 Å². The second-order valence-electron chi connectivity index (χ2n) is 13.2. The molecule has 2 nitrogen and oxygen atoms in total. The third-order valence-corrected chi connectivity index (χ3v) is 15.0. The fourth-order valence-electron chi connectivity index (χ4n) is 8.43. The number of fused-ring (bicyclic) bond motifs is 3. The number of hydrogen-bond acceptors (Lipinski definition) is 2. The predicted molar refractivity (Wildman–Crippen MR) is 192 cm³/mol. The van der Waals surface area contributed by atoms with Crippen LogP contribution < -0.4 is 10.0 Å². The molecule has 0 amide bonds. The summed E-state index contributed by atoms with van der Waals surface area (Å²) in [5, 5.41) is 8.00. The molecule has 2 saturated carbocycles. The Kier molecular flexibility index (Phi) is 7.72. The fraction of sp³-hybridized carbons (Fsp3) is 0.286. The van der Waals surface area contributed by atoms with Crippen molar-refractivity contribution in [3.05, 3.63) is 115 Å². The molecule has 2 aliphatic carbocycles. The van der Waals surface area contributed by atoms with E-state index in [0.717, 1.165) is 69.8 Å². The van der Waals surface area contributed by atoms with Crippen LogP contribution in [0.1, 0.15) is 64.2 Å². The lowest BCUT2D eigenvalue weighted by Gasteiger charge is -2.39. The van der Waals surface area contributed by atoms with Crippen LogP contribution in [0.3, 0.4) is 0 Å². The van der Waals surface area contributed by atoms with Crippen LogP contribution in [0.15, 0.2) is 115 Å². The molecule has 0 aromatic heterocycles. The summed E-state index contributed by atoms with van der Waals surface area (Å²) in [5.41, 5.74) is 2.71. The first-order valence-electron chi connectivity index (χ1n) is 17.0. The lowest BCUT2D eigenvalue weighted by molar-refractivity contribution is 0.453. The van der Waals surface area contributed by atoms with Crippen molar-refractivity contribution >= 4 is 44.8 Å². The van der Waals surface area contributed by atoms with E-state index < -0.39 is 7.14 Å². The minimum atomic E-state index is -2.80. The fourth-order valence-corrected chi connectivity index (χ4v) is 13.0. The molecule has 0 spiro atoms. The van der Waals surface area contributed by atoms with E-state index in [4.69, 9.17) is 4.74 Å². The topological polar surface area (TPSA) is 26.3 Å². The van der Waals surface area contributed by atoms with Crippen LogP contribution in [0.4, 0.5) is 0 Å². The molecular weight excluding hydrogens is 567 g/mol. The van der Waals surface area contributed by atoms with Gasteiger partial charge in [0.1, 0.15) is 18.6 Å². The molecule has 6 aromatic rings. The molecule has 0 atom stereocenters. The Hall–Kier alpha value is -3.87. The first kappa shape index (κ1) is 28.6. The van der Waals surface area contributed by atoms with Gasteiger partial charge in [0, 0.05) is 33.1 Å². The minimum absolute atomic E-state index is 0.256. The number of hydrogen-bond donors (Lipinski definition) is 0. The van der Waals surface area contributed by atoms with Crippen molar-refractivity contribution in [1.82, 2.24) is 0 Å². The molecule has 0 bridgehead atoms. The van der Waals surface area contributed by atoms with Gasteiger partial charge in [-0.2, -0.15) is 0 Å². The lowest BCUT2D eigenvalue weighted by atomic mass is 9.93. The molecule has 0 N–H and O–H groups in total. The zero-order valence-corrected chi connectivity index (χ0v) is 26.9. The maximum Gasteiger partial charge on any atom is 0.135 e. The van der Waals surface area contributed by atoms with Crippen LogP contribution in [-0.4, -0.2) is 11.3 Å². The van der Waals surface area contributed by atoms with Gasteiger partial charge in [-0.15, -0.1) is 0 Å². The Morgan fingerprint density at radius 2 is 0.933 bits per heavy atom. The van der Waals surface area contributed by atoms with E-state index in [9.17, 15) is 0 Å². The second kappa shape index (κ2) is 12.1. The van der Waals surface area contributed by atoms with E-state index >= 15 is 4.57 Å². The molecule has 3 heteroatoms. The van der Waals surface area contributed by atoms with Gasteiger partial charge in [0.2, 0.25) is 0 Å². The highest BCUT2D eigenvalue weighted by Crippen LogP contribution is 2.64. The zero-order chi connectivity index (χ0) is 30.2. The van der Waals surface area contributed by atoms with Crippen molar-refractivity contribution in [3.63, 3.8) is 0 Å². The van der Waals surface area contributed by atoms with Gasteiger partial charge in [0.25, 0.3) is 0 Å². The average molecular weight is 609 g/mol. The summed E-state index contributed by atoms with van der Waals surface area (Å²) >= 11 is 0. The SMILES string of the molecule is O=P(c1ccc2ccccc2c1-c1c(Oc2cccc3ccccc23)ccc2ccccc12)(C1CCCCC1)C1CCCCC1. The molecule has 0 unspecified atom stereocenters. The van der Waals surface area contributed by atoms with Crippen LogP contribution in [0.5, 0.6) is 11.5 Å². The molecule has 8 rings (SSSR count). The quantitative estimate of drug-likeness (QED) is 0.176. The van der Waals surface area contributed by atoms with Crippen molar-refractivity contribution in [1.29, 1.82) is 0 Å². The van der Waals surface area contributed by atoms with Gasteiger partial charge in [0.15, 0.2) is 0 Å². The Bertz CT molecular complexity index is 2020. The monoisotopic (exact) mass is 608 g/mol. The van der Waals surface area contributed by atoms with E-state index in [2.05, 4.69) is 115 Å². The summed E-state index contributed by atoms with van der Waals surface area (Å²) in [7, 11) is -2.80. The predicted octanol–water partition coefficient (Wildman–Crippen LogP) is 12.3. The summed E-state index contributed by atoms with van der Waals surface area (Å²) < 4.78 is 23.3. The number of benzene rings is 6. The molecule has 2 aliphatic rings. The van der Waals surface area contributed by atoms with E-state index in [-0.39, 0.29) is 11.3 Å². The van der Waals surface area contributed by atoms with Crippen molar-refractivity contribution in [2.45, 2.75) is 75.5 Å². The minimum Gasteiger partial charge on any atom is -0.456 e. The highest BCUT2D eigenvalue weighted by molar-refractivity contribution is 7.73. The summed E-state index contributed by atoms with van der Waals surface area (Å²) in [6, 6.07) is 40.8. The summed E-state index contributed by atoms with van der Waals surface area (Å²) in [5.74, 6) is 1.66. The van der Waals surface area contributed by atoms with Crippen molar-refractivity contribution in [2.24, 2.45) is 0 Å². The van der Waals surface area contributed by atoms with Gasteiger partial charge in [-0.3, -0.25) is 0 Å². The van der Waals surface area contributed by atoms with Crippen LogP contribution in [0.25, 0.3) is 43.4 Å². The van der Waals surface area contributed by atoms with Crippen LogP contribution >= 0.6 is 7.14 Å². The smallest absolute Gasteiger partial charge is 0.135 e. The van der Waals surface area contributed by atoms with Crippen LogP contribution in [0.2, 0.25) is 0 Å².